The molecule has 24 heavy (non-hydrogen) atoms. The molecule has 2 rings (SSSR count). The molecular formula is C16H26N4O4. The summed E-state index contributed by atoms with van der Waals surface area (Å²) in [5.41, 5.74) is 0.0243. The summed E-state index contributed by atoms with van der Waals surface area (Å²) in [5.74, 6) is 0.0259. The van der Waals surface area contributed by atoms with Gasteiger partial charge in [-0.1, -0.05) is 26.7 Å². The van der Waals surface area contributed by atoms with E-state index in [1.807, 2.05) is 0 Å². The maximum absolute atomic E-state index is 12.6. The van der Waals surface area contributed by atoms with Crippen LogP contribution in [0.15, 0.2) is 0 Å². The van der Waals surface area contributed by atoms with Gasteiger partial charge in [-0.3, -0.25) is 19.6 Å². The van der Waals surface area contributed by atoms with Gasteiger partial charge in [0.15, 0.2) is 0 Å². The Hall–Kier alpha value is -1.96. The predicted octanol–water partition coefficient (Wildman–Crippen LogP) is 2.35. The molecule has 1 aromatic heterocycles. The van der Waals surface area contributed by atoms with Crippen LogP contribution in [0.1, 0.15) is 55.7 Å². The Bertz CT molecular complexity index is 609. The molecule has 0 unspecified atom stereocenters. The van der Waals surface area contributed by atoms with E-state index in [-0.39, 0.29) is 29.2 Å². The topological polar surface area (TPSA) is 99.3 Å². The summed E-state index contributed by atoms with van der Waals surface area (Å²) in [6.07, 6.45) is 3.65. The third kappa shape index (κ3) is 3.75. The fraction of sp³-hybridized carbons (Fsp3) is 0.750. The largest absolute Gasteiger partial charge is 0.378 e. The van der Waals surface area contributed by atoms with Crippen LogP contribution < -0.4 is 5.32 Å². The molecule has 0 spiro atoms. The highest BCUT2D eigenvalue weighted by Gasteiger charge is 2.33. The molecule has 2 heterocycles. The second-order valence-electron chi connectivity index (χ2n) is 6.34. The first-order valence-corrected chi connectivity index (χ1v) is 8.49. The van der Waals surface area contributed by atoms with Gasteiger partial charge in [0.05, 0.1) is 11.0 Å². The fourth-order valence-corrected chi connectivity index (χ4v) is 3.48. The van der Waals surface area contributed by atoms with Gasteiger partial charge in [-0.25, -0.2) is 0 Å². The summed E-state index contributed by atoms with van der Waals surface area (Å²) in [7, 11) is 1.55. The Labute approximate surface area is 141 Å². The number of carbonyl (C=O) groups is 1. The molecule has 0 aromatic carbocycles. The molecule has 1 aliphatic heterocycles. The number of hydrogen-bond donors (Lipinski definition) is 1. The number of nitrogens with zero attached hydrogens (tertiary/aromatic N) is 3. The van der Waals surface area contributed by atoms with E-state index in [4.69, 9.17) is 4.74 Å². The molecule has 8 heteroatoms. The quantitative estimate of drug-likeness (QED) is 0.634. The number of nitrogens with one attached hydrogen (secondary N) is 1. The Kier molecular flexibility index (Phi) is 5.93. The van der Waals surface area contributed by atoms with Crippen LogP contribution in [0.3, 0.4) is 0 Å². The SMILES string of the molecule is CCC(CC)[C@H]1C[C@@H](NC(=O)c2c([N+](=O)[O-])c(C)nn2C)CCO1. The van der Waals surface area contributed by atoms with E-state index >= 15 is 0 Å². The lowest BCUT2D eigenvalue weighted by Crippen LogP contribution is -2.44. The van der Waals surface area contributed by atoms with E-state index < -0.39 is 10.8 Å². The zero-order valence-corrected chi connectivity index (χ0v) is 14.7. The molecule has 1 N–H and O–H groups in total. The molecule has 2 atom stereocenters. The van der Waals surface area contributed by atoms with Crippen molar-refractivity contribution in [1.29, 1.82) is 0 Å². The fourth-order valence-electron chi connectivity index (χ4n) is 3.48. The number of hydrogen-bond acceptors (Lipinski definition) is 5. The number of aryl methyl sites for hydroxylation is 2. The van der Waals surface area contributed by atoms with Gasteiger partial charge >= 0.3 is 5.69 Å². The minimum Gasteiger partial charge on any atom is -0.378 e. The normalized spacial score (nSPS) is 21.0. The Morgan fingerprint density at radius 2 is 2.17 bits per heavy atom. The van der Waals surface area contributed by atoms with Crippen LogP contribution in [0.2, 0.25) is 0 Å². The summed E-state index contributed by atoms with van der Waals surface area (Å²) in [6.45, 7) is 6.41. The third-order valence-electron chi connectivity index (χ3n) is 4.81. The van der Waals surface area contributed by atoms with Gasteiger partial charge in [0.2, 0.25) is 5.69 Å². The maximum atomic E-state index is 12.6. The monoisotopic (exact) mass is 338 g/mol. The van der Waals surface area contributed by atoms with Gasteiger partial charge in [0.25, 0.3) is 5.91 Å². The minimum atomic E-state index is -0.547. The van der Waals surface area contributed by atoms with E-state index in [0.717, 1.165) is 19.3 Å². The number of nitro groups is 1. The summed E-state index contributed by atoms with van der Waals surface area (Å²) in [4.78, 5) is 23.2. The van der Waals surface area contributed by atoms with E-state index in [0.29, 0.717) is 18.9 Å². The molecule has 0 radical (unpaired) electrons. The molecule has 1 fully saturated rings. The molecule has 134 valence electrons. The second kappa shape index (κ2) is 7.74. The number of ether oxygens (including phenoxy) is 1. The van der Waals surface area contributed by atoms with Gasteiger partial charge in [-0.15, -0.1) is 0 Å². The van der Waals surface area contributed by atoms with Gasteiger partial charge in [0.1, 0.15) is 5.69 Å². The molecule has 0 bridgehead atoms. The van der Waals surface area contributed by atoms with Gasteiger partial charge in [-0.2, -0.15) is 5.10 Å². The number of rotatable bonds is 6. The zero-order valence-electron chi connectivity index (χ0n) is 14.7. The summed E-state index contributed by atoms with van der Waals surface area (Å²) >= 11 is 0. The van der Waals surface area contributed by atoms with Crippen LogP contribution in [0, 0.1) is 23.0 Å². The first-order valence-electron chi connectivity index (χ1n) is 8.49. The van der Waals surface area contributed by atoms with Crippen molar-refractivity contribution in [3.63, 3.8) is 0 Å². The number of carbonyl (C=O) groups excluding carboxylic acids is 1. The highest BCUT2D eigenvalue weighted by atomic mass is 16.6. The van der Waals surface area contributed by atoms with Crippen LogP contribution >= 0.6 is 0 Å². The van der Waals surface area contributed by atoms with Crippen molar-refractivity contribution in [1.82, 2.24) is 15.1 Å². The van der Waals surface area contributed by atoms with Crippen molar-refractivity contribution in [3.8, 4) is 0 Å². The Morgan fingerprint density at radius 3 is 2.75 bits per heavy atom. The van der Waals surface area contributed by atoms with E-state index in [2.05, 4.69) is 24.3 Å². The molecule has 1 aliphatic rings. The molecule has 1 aromatic rings. The van der Waals surface area contributed by atoms with Gasteiger partial charge in [-0.05, 0) is 25.7 Å². The lowest BCUT2D eigenvalue weighted by atomic mass is 9.89. The maximum Gasteiger partial charge on any atom is 0.322 e. The van der Waals surface area contributed by atoms with Crippen molar-refractivity contribution in [2.45, 2.75) is 58.6 Å². The highest BCUT2D eigenvalue weighted by Crippen LogP contribution is 2.26. The Balaban J connectivity index is 2.11. The standard InChI is InChI=1S/C16H26N4O4/c1-5-11(6-2)13-9-12(7-8-24-13)17-16(21)15-14(20(22)23)10(3)18-19(15)4/h11-13H,5-9H2,1-4H3,(H,17,21)/t12-,13+/m0/s1. The molecule has 8 nitrogen and oxygen atoms in total. The van der Waals surface area contributed by atoms with E-state index in [9.17, 15) is 14.9 Å². The average molecular weight is 338 g/mol. The van der Waals surface area contributed by atoms with Gasteiger partial charge < -0.3 is 10.1 Å². The molecule has 1 saturated heterocycles. The zero-order chi connectivity index (χ0) is 17.9. The second-order valence-corrected chi connectivity index (χ2v) is 6.34. The van der Waals surface area contributed by atoms with Crippen LogP contribution in [-0.4, -0.2) is 39.4 Å². The first kappa shape index (κ1) is 18.4. The summed E-state index contributed by atoms with van der Waals surface area (Å²) in [6, 6.07) is -0.0355. The van der Waals surface area contributed by atoms with Crippen molar-refractivity contribution < 1.29 is 14.5 Å². The smallest absolute Gasteiger partial charge is 0.322 e. The molecule has 0 aliphatic carbocycles. The predicted molar refractivity (Wildman–Crippen MR) is 88.9 cm³/mol. The Morgan fingerprint density at radius 1 is 1.50 bits per heavy atom. The lowest BCUT2D eigenvalue weighted by Gasteiger charge is -2.34. The summed E-state index contributed by atoms with van der Waals surface area (Å²) in [5, 5.41) is 18.2. The highest BCUT2D eigenvalue weighted by molar-refractivity contribution is 5.97. The average Bonchev–Trinajstić information content (AvgIpc) is 2.83. The minimum absolute atomic E-state index is 0.00285. The van der Waals surface area contributed by atoms with Crippen molar-refractivity contribution in [3.05, 3.63) is 21.5 Å². The van der Waals surface area contributed by atoms with Crippen LogP contribution in [0.4, 0.5) is 5.69 Å². The van der Waals surface area contributed by atoms with Crippen LogP contribution in [0.5, 0.6) is 0 Å². The molecule has 0 saturated carbocycles. The number of aromatic nitrogens is 2. The molecule has 1 amide bonds. The van der Waals surface area contributed by atoms with Crippen molar-refractivity contribution in [2.75, 3.05) is 6.61 Å². The van der Waals surface area contributed by atoms with Gasteiger partial charge in [0, 0.05) is 19.7 Å². The third-order valence-corrected chi connectivity index (χ3v) is 4.81. The van der Waals surface area contributed by atoms with Crippen molar-refractivity contribution >= 4 is 11.6 Å². The van der Waals surface area contributed by atoms with E-state index in [1.165, 1.54) is 11.6 Å². The first-order chi connectivity index (χ1) is 11.4. The van der Waals surface area contributed by atoms with E-state index in [1.54, 1.807) is 7.05 Å². The number of amides is 1. The lowest BCUT2D eigenvalue weighted by molar-refractivity contribution is -0.385. The molecular weight excluding hydrogens is 312 g/mol. The van der Waals surface area contributed by atoms with Crippen LogP contribution in [-0.2, 0) is 11.8 Å². The summed E-state index contributed by atoms with van der Waals surface area (Å²) < 4.78 is 7.13. The van der Waals surface area contributed by atoms with Crippen molar-refractivity contribution in [2.24, 2.45) is 13.0 Å². The van der Waals surface area contributed by atoms with Crippen LogP contribution in [0.25, 0.3) is 0 Å².